The Kier molecular flexibility index (Phi) is 2.52. The van der Waals surface area contributed by atoms with Gasteiger partial charge >= 0.3 is 0 Å². The van der Waals surface area contributed by atoms with Crippen LogP contribution >= 0.6 is 0 Å². The molecule has 0 aliphatic carbocycles. The van der Waals surface area contributed by atoms with Crippen LogP contribution in [0.15, 0.2) is 59.1 Å². The monoisotopic (exact) mass is 320 g/mol. The largest absolute Gasteiger partial charge is 0.455 e. The second-order valence-electron chi connectivity index (χ2n) is 6.27. The van der Waals surface area contributed by atoms with Crippen molar-refractivity contribution in [3.05, 3.63) is 65.9 Å². The second kappa shape index (κ2) is 5.48. The highest BCUT2D eigenvalue weighted by Crippen LogP contribution is 2.36. The number of pyridine rings is 1. The lowest BCUT2D eigenvalue weighted by molar-refractivity contribution is -0.660. The highest BCUT2D eigenvalue weighted by atomic mass is 16.3. The summed E-state index contributed by atoms with van der Waals surface area (Å²) in [5.74, 6) is -1.68. The van der Waals surface area contributed by atoms with Crippen LogP contribution in [0.2, 0.25) is 0 Å². The lowest BCUT2D eigenvalue weighted by Crippen LogP contribution is -2.31. The highest BCUT2D eigenvalue weighted by Gasteiger charge is 2.20. The third kappa shape index (κ3) is 2.22. The lowest BCUT2D eigenvalue weighted by Gasteiger charge is -2.08. The first-order chi connectivity index (χ1) is 13.1. The van der Waals surface area contributed by atoms with E-state index in [-0.39, 0.29) is 0 Å². The van der Waals surface area contributed by atoms with Gasteiger partial charge in [-0.3, -0.25) is 0 Å². The molecule has 0 spiro atoms. The van der Waals surface area contributed by atoms with Gasteiger partial charge in [-0.15, -0.1) is 0 Å². The summed E-state index contributed by atoms with van der Waals surface area (Å²) in [5, 5.41) is 2.12. The molecule has 2 heterocycles. The fraction of sp³-hybridized carbons (Fsp3) is 0.227. The van der Waals surface area contributed by atoms with Crippen molar-refractivity contribution >= 4 is 21.9 Å². The number of rotatable bonds is 2. The van der Waals surface area contributed by atoms with E-state index in [1.807, 2.05) is 48.9 Å². The van der Waals surface area contributed by atoms with Crippen molar-refractivity contribution in [3.8, 4) is 11.3 Å². The minimum Gasteiger partial charge on any atom is -0.455 e. The number of hydrogen-bond acceptors (Lipinski definition) is 1. The molecule has 1 unspecified atom stereocenters. The number of hydrogen-bond donors (Lipinski definition) is 0. The minimum atomic E-state index is -2.41. The Hall–Kier alpha value is -2.61. The molecule has 2 aromatic carbocycles. The van der Waals surface area contributed by atoms with Gasteiger partial charge in [0.2, 0.25) is 5.69 Å². The third-order valence-corrected chi connectivity index (χ3v) is 4.58. The van der Waals surface area contributed by atoms with E-state index in [9.17, 15) is 0 Å². The van der Waals surface area contributed by atoms with Crippen molar-refractivity contribution in [2.24, 2.45) is 7.05 Å². The van der Waals surface area contributed by atoms with Gasteiger partial charge in [-0.1, -0.05) is 44.1 Å². The molecule has 120 valence electrons. The van der Waals surface area contributed by atoms with Crippen LogP contribution < -0.4 is 4.57 Å². The van der Waals surface area contributed by atoms with Gasteiger partial charge < -0.3 is 4.42 Å². The Labute approximate surface area is 148 Å². The highest BCUT2D eigenvalue weighted by molar-refractivity contribution is 6.09. The first-order valence-corrected chi connectivity index (χ1v) is 8.02. The summed E-state index contributed by atoms with van der Waals surface area (Å²) in [7, 11) is 1.87. The van der Waals surface area contributed by atoms with Gasteiger partial charge in [-0.25, -0.2) is 4.57 Å². The van der Waals surface area contributed by atoms with Crippen LogP contribution in [-0.2, 0) is 7.05 Å². The summed E-state index contributed by atoms with van der Waals surface area (Å²) < 4.78 is 39.5. The summed E-state index contributed by atoms with van der Waals surface area (Å²) in [6.07, 6.45) is 1.73. The van der Waals surface area contributed by atoms with Gasteiger partial charge in [0.25, 0.3) is 0 Å². The van der Waals surface area contributed by atoms with Crippen LogP contribution in [0.3, 0.4) is 0 Å². The molecule has 0 aliphatic heterocycles. The topological polar surface area (TPSA) is 17.0 Å². The van der Waals surface area contributed by atoms with Crippen LogP contribution in [0.1, 0.15) is 36.3 Å². The summed E-state index contributed by atoms with van der Waals surface area (Å²) in [6, 6.07) is 15.7. The van der Waals surface area contributed by atoms with E-state index in [2.05, 4.69) is 12.1 Å². The van der Waals surface area contributed by atoms with Crippen LogP contribution in [-0.4, -0.2) is 0 Å². The maximum atomic E-state index is 8.34. The van der Waals surface area contributed by atoms with Gasteiger partial charge in [0.05, 0.1) is 5.56 Å². The van der Waals surface area contributed by atoms with E-state index >= 15 is 0 Å². The smallest absolute Gasteiger partial charge is 0.216 e. The molecule has 0 bridgehead atoms. The van der Waals surface area contributed by atoms with Gasteiger partial charge in [0, 0.05) is 27.9 Å². The first kappa shape index (κ1) is 11.0. The molecular formula is C22H22NO+. The van der Waals surface area contributed by atoms with E-state index in [0.29, 0.717) is 5.56 Å². The standard InChI is InChI=1S/C22H22NO/c1-14(2)16-10-12-19(23(4)13-16)21-15(3)9-11-18-17-7-5-6-8-20(17)24-22(18)21/h5-14H,1-4H3/q+1/i1D3,14D. The van der Waals surface area contributed by atoms with E-state index < -0.39 is 12.7 Å². The predicted molar refractivity (Wildman–Crippen MR) is 99.2 cm³/mol. The van der Waals surface area contributed by atoms with Crippen molar-refractivity contribution in [1.29, 1.82) is 0 Å². The fourth-order valence-corrected chi connectivity index (χ4v) is 3.29. The number of fused-ring (bicyclic) bond motifs is 3. The molecule has 1 atom stereocenters. The van der Waals surface area contributed by atoms with Crippen LogP contribution in [0, 0.1) is 6.92 Å². The Morgan fingerprint density at radius 2 is 1.92 bits per heavy atom. The first-order valence-electron chi connectivity index (χ1n) is 10.0. The molecule has 4 aromatic rings. The molecule has 2 heteroatoms. The van der Waals surface area contributed by atoms with Crippen LogP contribution in [0.25, 0.3) is 33.2 Å². The summed E-state index contributed by atoms with van der Waals surface area (Å²) >= 11 is 0. The van der Waals surface area contributed by atoms with Crippen molar-refractivity contribution in [2.75, 3.05) is 0 Å². The Morgan fingerprint density at radius 3 is 2.71 bits per heavy atom. The molecular weight excluding hydrogens is 294 g/mol. The minimum absolute atomic E-state index is 0.452. The van der Waals surface area contributed by atoms with Gasteiger partial charge in [0.15, 0.2) is 6.20 Å². The van der Waals surface area contributed by atoms with Crippen LogP contribution in [0.4, 0.5) is 0 Å². The second-order valence-corrected chi connectivity index (χ2v) is 6.27. The molecule has 4 rings (SSSR count). The molecule has 2 nitrogen and oxygen atoms in total. The number of para-hydroxylation sites is 1. The zero-order valence-electron chi connectivity index (χ0n) is 18.1. The maximum absolute atomic E-state index is 8.34. The number of benzene rings is 2. The van der Waals surface area contributed by atoms with Crippen LogP contribution in [0.5, 0.6) is 0 Å². The molecule has 0 aliphatic rings. The van der Waals surface area contributed by atoms with Crippen molar-refractivity contribution < 1.29 is 14.5 Å². The quantitative estimate of drug-likeness (QED) is 0.445. The summed E-state index contributed by atoms with van der Waals surface area (Å²) in [4.78, 5) is 0. The molecule has 2 aromatic heterocycles. The van der Waals surface area contributed by atoms with Crippen molar-refractivity contribution in [3.63, 3.8) is 0 Å². The predicted octanol–water partition coefficient (Wildman–Crippen LogP) is 5.51. The lowest BCUT2D eigenvalue weighted by atomic mass is 9.99. The molecule has 0 saturated carbocycles. The molecule has 24 heavy (non-hydrogen) atoms. The fourth-order valence-electron chi connectivity index (χ4n) is 3.29. The number of aromatic nitrogens is 1. The summed E-state index contributed by atoms with van der Waals surface area (Å²) in [6.45, 7) is 1.06. The Balaban J connectivity index is 1.95. The molecule has 0 radical (unpaired) electrons. The average molecular weight is 320 g/mol. The van der Waals surface area contributed by atoms with E-state index in [1.54, 1.807) is 12.3 Å². The third-order valence-electron chi connectivity index (χ3n) is 4.58. The van der Waals surface area contributed by atoms with E-state index in [1.165, 1.54) is 6.92 Å². The number of aryl methyl sites for hydroxylation is 2. The van der Waals surface area contributed by atoms with E-state index in [0.717, 1.165) is 38.8 Å². The maximum Gasteiger partial charge on any atom is 0.216 e. The van der Waals surface area contributed by atoms with Gasteiger partial charge in [-0.2, -0.15) is 0 Å². The van der Waals surface area contributed by atoms with E-state index in [4.69, 9.17) is 9.90 Å². The molecule has 0 amide bonds. The van der Waals surface area contributed by atoms with Gasteiger partial charge in [-0.05, 0) is 30.5 Å². The van der Waals surface area contributed by atoms with Crippen molar-refractivity contribution in [1.82, 2.24) is 0 Å². The SMILES string of the molecule is [2H]C([2H])([2H])C([2H])(C)c1ccc(-c2c(C)ccc3c2oc2ccccc23)[n+](C)c1. The zero-order valence-corrected chi connectivity index (χ0v) is 14.1. The molecule has 0 saturated heterocycles. The van der Waals surface area contributed by atoms with Gasteiger partial charge in [0.1, 0.15) is 18.2 Å². The van der Waals surface area contributed by atoms with Crippen molar-refractivity contribution in [2.45, 2.75) is 26.6 Å². The summed E-state index contributed by atoms with van der Waals surface area (Å²) in [5.41, 5.74) is 5.06. The number of furan rings is 1. The number of nitrogens with zero attached hydrogens (tertiary/aromatic N) is 1. The zero-order chi connectivity index (χ0) is 20.3. The normalized spacial score (nSPS) is 17.1. The molecule has 0 fully saturated rings. The molecule has 0 N–H and O–H groups in total. The average Bonchev–Trinajstić information content (AvgIpc) is 2.99. The Morgan fingerprint density at radius 1 is 1.08 bits per heavy atom. The Bertz CT molecular complexity index is 1200.